The zero-order chi connectivity index (χ0) is 11.2. The second-order valence-corrected chi connectivity index (χ2v) is 2.82. The van der Waals surface area contributed by atoms with Crippen molar-refractivity contribution >= 4 is 12.0 Å². The molecular weight excluding hydrogens is 208 g/mol. The maximum absolute atomic E-state index is 10.8. The quantitative estimate of drug-likeness (QED) is 0.556. The van der Waals surface area contributed by atoms with E-state index < -0.39 is 5.69 Å². The Kier molecular flexibility index (Phi) is 2.98. The molecule has 0 saturated carbocycles. The van der Waals surface area contributed by atoms with Gasteiger partial charge in [0.1, 0.15) is 0 Å². The highest BCUT2D eigenvalue weighted by Gasteiger charge is 1.91. The van der Waals surface area contributed by atoms with Crippen molar-refractivity contribution < 1.29 is 0 Å². The molecule has 0 atom stereocenters. The van der Waals surface area contributed by atoms with Gasteiger partial charge < -0.3 is 0 Å². The molecule has 2 aromatic rings. The molecule has 0 bridgehead atoms. The topological polar surface area (TPSA) is 95.9 Å². The Bertz CT molecular complexity index is 535. The highest BCUT2D eigenvalue weighted by Crippen LogP contribution is 1.94. The molecule has 2 heterocycles. The van der Waals surface area contributed by atoms with Crippen molar-refractivity contribution in [1.82, 2.24) is 20.2 Å². The van der Waals surface area contributed by atoms with E-state index in [1.54, 1.807) is 30.7 Å². The standard InChI is InChI=1S/C9H8N6O/c16-9-13-8(6-12-15-9)14-11-5-7-1-3-10-4-2-7/h1-6H,(H2,13,14,15,16)/b11-5-. The fraction of sp³-hybridized carbons (Fsp3) is 0. The fourth-order valence-corrected chi connectivity index (χ4v) is 0.988. The first-order valence-corrected chi connectivity index (χ1v) is 4.45. The predicted octanol–water partition coefficient (Wildman–Crippen LogP) is 0.00590. The lowest BCUT2D eigenvalue weighted by molar-refractivity contribution is 0.913. The molecule has 0 amide bonds. The third-order valence-electron chi connectivity index (χ3n) is 1.67. The molecular formula is C9H8N6O. The average molecular weight is 216 g/mol. The third kappa shape index (κ3) is 2.71. The number of hydrogen-bond donors (Lipinski definition) is 2. The smallest absolute Gasteiger partial charge is 0.265 e. The van der Waals surface area contributed by atoms with Crippen LogP contribution in [0.5, 0.6) is 0 Å². The van der Waals surface area contributed by atoms with Crippen molar-refractivity contribution in [3.8, 4) is 0 Å². The summed E-state index contributed by atoms with van der Waals surface area (Å²) in [4.78, 5) is 18.3. The molecule has 2 N–H and O–H groups in total. The summed E-state index contributed by atoms with van der Waals surface area (Å²) in [6.45, 7) is 0. The van der Waals surface area contributed by atoms with Gasteiger partial charge in [-0.25, -0.2) is 9.89 Å². The number of nitrogens with one attached hydrogen (secondary N) is 2. The van der Waals surface area contributed by atoms with Crippen molar-refractivity contribution in [2.24, 2.45) is 5.10 Å². The number of nitrogens with zero attached hydrogens (tertiary/aromatic N) is 4. The van der Waals surface area contributed by atoms with Crippen molar-refractivity contribution in [1.29, 1.82) is 0 Å². The second kappa shape index (κ2) is 4.78. The van der Waals surface area contributed by atoms with Gasteiger partial charge in [-0.2, -0.15) is 15.2 Å². The summed E-state index contributed by atoms with van der Waals surface area (Å²) in [5, 5.41) is 9.62. The van der Waals surface area contributed by atoms with E-state index in [0.29, 0.717) is 0 Å². The van der Waals surface area contributed by atoms with Crippen LogP contribution in [0.2, 0.25) is 0 Å². The van der Waals surface area contributed by atoms with Crippen molar-refractivity contribution in [3.05, 3.63) is 46.8 Å². The van der Waals surface area contributed by atoms with Crippen LogP contribution in [0, 0.1) is 0 Å². The molecule has 2 rings (SSSR count). The maximum Gasteiger partial charge on any atom is 0.363 e. The molecule has 0 aromatic carbocycles. The lowest BCUT2D eigenvalue weighted by Gasteiger charge is -1.95. The van der Waals surface area contributed by atoms with Crippen LogP contribution < -0.4 is 11.1 Å². The zero-order valence-electron chi connectivity index (χ0n) is 8.16. The van der Waals surface area contributed by atoms with Gasteiger partial charge >= 0.3 is 5.69 Å². The van der Waals surface area contributed by atoms with Crippen LogP contribution >= 0.6 is 0 Å². The minimum Gasteiger partial charge on any atom is -0.265 e. The summed E-state index contributed by atoms with van der Waals surface area (Å²) < 4.78 is 0. The van der Waals surface area contributed by atoms with Crippen LogP contribution in [-0.4, -0.2) is 26.4 Å². The van der Waals surface area contributed by atoms with Gasteiger partial charge in [0.2, 0.25) is 0 Å². The molecule has 7 heteroatoms. The molecule has 0 aliphatic rings. The summed E-state index contributed by atoms with van der Waals surface area (Å²) >= 11 is 0. The fourth-order valence-electron chi connectivity index (χ4n) is 0.988. The minimum atomic E-state index is -0.524. The van der Waals surface area contributed by atoms with E-state index in [9.17, 15) is 4.79 Å². The minimum absolute atomic E-state index is 0.286. The Hall–Kier alpha value is -2.57. The van der Waals surface area contributed by atoms with E-state index >= 15 is 0 Å². The van der Waals surface area contributed by atoms with Crippen LogP contribution in [0.1, 0.15) is 5.56 Å². The van der Waals surface area contributed by atoms with E-state index in [1.165, 1.54) is 6.20 Å². The van der Waals surface area contributed by atoms with E-state index in [-0.39, 0.29) is 5.82 Å². The van der Waals surface area contributed by atoms with Crippen LogP contribution in [0.3, 0.4) is 0 Å². The zero-order valence-corrected chi connectivity index (χ0v) is 8.16. The van der Waals surface area contributed by atoms with Gasteiger partial charge in [0, 0.05) is 12.4 Å². The number of pyridine rings is 1. The summed E-state index contributed by atoms with van der Waals surface area (Å²) in [5.74, 6) is 0.286. The molecule has 0 radical (unpaired) electrons. The van der Waals surface area contributed by atoms with Crippen molar-refractivity contribution in [3.63, 3.8) is 0 Å². The molecule has 16 heavy (non-hydrogen) atoms. The van der Waals surface area contributed by atoms with Gasteiger partial charge in [-0.1, -0.05) is 0 Å². The molecule has 80 valence electrons. The number of hydrazone groups is 1. The molecule has 0 fully saturated rings. The van der Waals surface area contributed by atoms with Gasteiger partial charge in [0.25, 0.3) is 0 Å². The monoisotopic (exact) mass is 216 g/mol. The normalized spacial score (nSPS) is 10.5. The third-order valence-corrected chi connectivity index (χ3v) is 1.67. The van der Waals surface area contributed by atoms with Crippen LogP contribution in [0.15, 0.2) is 40.6 Å². The molecule has 0 aliphatic heterocycles. The van der Waals surface area contributed by atoms with Gasteiger partial charge in [0.05, 0.1) is 12.4 Å². The van der Waals surface area contributed by atoms with Gasteiger partial charge in [0.15, 0.2) is 5.82 Å². The Morgan fingerprint density at radius 3 is 2.94 bits per heavy atom. The number of H-pyrrole nitrogens is 1. The molecule has 7 nitrogen and oxygen atoms in total. The largest absolute Gasteiger partial charge is 0.363 e. The Morgan fingerprint density at radius 2 is 2.19 bits per heavy atom. The first-order chi connectivity index (χ1) is 7.84. The molecule has 2 aromatic heterocycles. The number of anilines is 1. The summed E-state index contributed by atoms with van der Waals surface area (Å²) in [6, 6.07) is 3.60. The first kappa shape index (κ1) is 9.97. The first-order valence-electron chi connectivity index (χ1n) is 4.45. The highest BCUT2D eigenvalue weighted by molar-refractivity contribution is 5.79. The molecule has 0 spiro atoms. The molecule has 0 aliphatic carbocycles. The van der Waals surface area contributed by atoms with Gasteiger partial charge in [-0.15, -0.1) is 0 Å². The Balaban J connectivity index is 2.03. The Labute approximate surface area is 90.3 Å². The van der Waals surface area contributed by atoms with E-state index in [0.717, 1.165) is 5.56 Å². The van der Waals surface area contributed by atoms with E-state index in [4.69, 9.17) is 0 Å². The number of aromatic amines is 1. The van der Waals surface area contributed by atoms with Crippen molar-refractivity contribution in [2.75, 3.05) is 5.43 Å². The Morgan fingerprint density at radius 1 is 1.38 bits per heavy atom. The average Bonchev–Trinajstić information content (AvgIpc) is 2.30. The SMILES string of the molecule is O=c1nc(N/N=C\c2ccncc2)cn[nH]1. The summed E-state index contributed by atoms with van der Waals surface area (Å²) in [5.41, 5.74) is 2.95. The number of aromatic nitrogens is 4. The highest BCUT2D eigenvalue weighted by atomic mass is 16.1. The van der Waals surface area contributed by atoms with Gasteiger partial charge in [-0.05, 0) is 17.7 Å². The van der Waals surface area contributed by atoms with Gasteiger partial charge in [-0.3, -0.25) is 10.4 Å². The summed E-state index contributed by atoms with van der Waals surface area (Å²) in [7, 11) is 0. The summed E-state index contributed by atoms with van der Waals surface area (Å²) in [6.07, 6.45) is 6.28. The number of hydrogen-bond acceptors (Lipinski definition) is 6. The second-order valence-electron chi connectivity index (χ2n) is 2.82. The maximum atomic E-state index is 10.8. The van der Waals surface area contributed by atoms with Crippen LogP contribution in [0.4, 0.5) is 5.82 Å². The molecule has 0 saturated heterocycles. The van der Waals surface area contributed by atoms with Crippen LogP contribution in [0.25, 0.3) is 0 Å². The lowest BCUT2D eigenvalue weighted by Crippen LogP contribution is -2.13. The molecule has 0 unspecified atom stereocenters. The predicted molar refractivity (Wildman–Crippen MR) is 58.1 cm³/mol. The van der Waals surface area contributed by atoms with E-state index in [1.807, 2.05) is 0 Å². The number of rotatable bonds is 3. The van der Waals surface area contributed by atoms with Crippen LogP contribution in [-0.2, 0) is 0 Å². The van der Waals surface area contributed by atoms with E-state index in [2.05, 4.69) is 30.7 Å². The van der Waals surface area contributed by atoms with Crippen molar-refractivity contribution in [2.45, 2.75) is 0 Å². The lowest BCUT2D eigenvalue weighted by atomic mass is 10.3.